The summed E-state index contributed by atoms with van der Waals surface area (Å²) in [5.74, 6) is -2.00. The van der Waals surface area contributed by atoms with Crippen molar-refractivity contribution in [2.24, 2.45) is 5.73 Å². The number of anilines is 1. The number of halogens is 1. The number of hydrogen-bond donors (Lipinski definition) is 1. The van der Waals surface area contributed by atoms with Gasteiger partial charge in [0.15, 0.2) is 5.69 Å². The van der Waals surface area contributed by atoms with Crippen molar-refractivity contribution < 1.29 is 14.0 Å². The SMILES string of the molecule is N#Cc1cc(-n2nc(C(N)=O)cc2C(=O)N2CCc3cc(-n4ccccc4=O)ccc32)ccc1F. The second-order valence-electron chi connectivity index (χ2n) is 7.90. The molecule has 1 aliphatic heterocycles. The number of carbonyl (C=O) groups is 2. The topological polar surface area (TPSA) is 127 Å². The fourth-order valence-corrected chi connectivity index (χ4v) is 4.11. The molecule has 0 aliphatic carbocycles. The van der Waals surface area contributed by atoms with Crippen molar-refractivity contribution in [1.82, 2.24) is 14.3 Å². The minimum Gasteiger partial charge on any atom is -0.364 e. The predicted octanol–water partition coefficient (Wildman–Crippen LogP) is 2.34. The van der Waals surface area contributed by atoms with E-state index in [9.17, 15) is 24.0 Å². The fraction of sp³-hybridized carbons (Fsp3) is 0.0800. The lowest BCUT2D eigenvalue weighted by Gasteiger charge is -2.18. The largest absolute Gasteiger partial charge is 0.364 e. The van der Waals surface area contributed by atoms with Crippen molar-refractivity contribution in [3.63, 3.8) is 0 Å². The minimum atomic E-state index is -0.833. The Morgan fingerprint density at radius 3 is 2.60 bits per heavy atom. The summed E-state index contributed by atoms with van der Waals surface area (Å²) in [4.78, 5) is 39.1. The lowest BCUT2D eigenvalue weighted by Crippen LogP contribution is -2.30. The van der Waals surface area contributed by atoms with E-state index in [-0.39, 0.29) is 28.2 Å². The number of carbonyl (C=O) groups excluding carboxylic acids is 2. The molecule has 172 valence electrons. The molecular formula is C25H17FN6O3. The van der Waals surface area contributed by atoms with Crippen molar-refractivity contribution >= 4 is 17.5 Å². The van der Waals surface area contributed by atoms with Gasteiger partial charge in [-0.15, -0.1) is 0 Å². The number of pyridine rings is 1. The molecule has 0 fully saturated rings. The van der Waals surface area contributed by atoms with E-state index in [0.717, 1.165) is 11.6 Å². The molecule has 3 heterocycles. The van der Waals surface area contributed by atoms with E-state index >= 15 is 0 Å². The summed E-state index contributed by atoms with van der Waals surface area (Å²) in [5.41, 5.74) is 7.33. The Bertz CT molecular complexity index is 1610. The average Bonchev–Trinajstić information content (AvgIpc) is 3.49. The lowest BCUT2D eigenvalue weighted by atomic mass is 10.1. The van der Waals surface area contributed by atoms with Crippen LogP contribution < -0.4 is 16.2 Å². The molecule has 2 N–H and O–H groups in total. The van der Waals surface area contributed by atoms with Crippen LogP contribution in [0.5, 0.6) is 0 Å². The van der Waals surface area contributed by atoms with Crippen molar-refractivity contribution in [2.75, 3.05) is 11.4 Å². The molecule has 0 saturated carbocycles. The molecule has 35 heavy (non-hydrogen) atoms. The molecule has 0 unspecified atom stereocenters. The summed E-state index contributed by atoms with van der Waals surface area (Å²) in [6, 6.07) is 17.0. The fourth-order valence-electron chi connectivity index (χ4n) is 4.11. The van der Waals surface area contributed by atoms with Gasteiger partial charge in [0, 0.05) is 36.2 Å². The molecule has 2 aromatic carbocycles. The second-order valence-corrected chi connectivity index (χ2v) is 7.90. The van der Waals surface area contributed by atoms with E-state index in [1.165, 1.54) is 33.5 Å². The Balaban J connectivity index is 1.55. The van der Waals surface area contributed by atoms with Gasteiger partial charge in [0.05, 0.1) is 11.3 Å². The predicted molar refractivity (Wildman–Crippen MR) is 124 cm³/mol. The number of aromatic nitrogens is 3. The maximum absolute atomic E-state index is 13.8. The first-order valence-electron chi connectivity index (χ1n) is 10.6. The highest BCUT2D eigenvalue weighted by molar-refractivity contribution is 6.08. The minimum absolute atomic E-state index is 0.0329. The van der Waals surface area contributed by atoms with Crippen molar-refractivity contribution in [3.05, 3.63) is 106 Å². The van der Waals surface area contributed by atoms with Gasteiger partial charge in [-0.1, -0.05) is 6.07 Å². The number of fused-ring (bicyclic) bond motifs is 1. The van der Waals surface area contributed by atoms with Crippen molar-refractivity contribution in [2.45, 2.75) is 6.42 Å². The van der Waals surface area contributed by atoms with Crippen LogP contribution in [0, 0.1) is 17.1 Å². The molecule has 5 rings (SSSR count). The molecule has 10 heteroatoms. The van der Waals surface area contributed by atoms with E-state index in [0.29, 0.717) is 24.3 Å². The van der Waals surface area contributed by atoms with Gasteiger partial charge < -0.3 is 10.6 Å². The summed E-state index contributed by atoms with van der Waals surface area (Å²) in [6.07, 6.45) is 2.23. The molecule has 1 aliphatic rings. The zero-order valence-corrected chi connectivity index (χ0v) is 18.2. The smallest absolute Gasteiger partial charge is 0.277 e. The molecule has 2 aromatic heterocycles. The Morgan fingerprint density at radius 1 is 1.06 bits per heavy atom. The monoisotopic (exact) mass is 468 g/mol. The van der Waals surface area contributed by atoms with Crippen LogP contribution in [0.3, 0.4) is 0 Å². The third-order valence-corrected chi connectivity index (χ3v) is 5.80. The van der Waals surface area contributed by atoms with E-state index in [2.05, 4.69) is 5.10 Å². The van der Waals surface area contributed by atoms with Crippen LogP contribution in [0.1, 0.15) is 32.1 Å². The van der Waals surface area contributed by atoms with Gasteiger partial charge in [-0.05, 0) is 54.4 Å². The van der Waals surface area contributed by atoms with Crippen molar-refractivity contribution in [1.29, 1.82) is 5.26 Å². The van der Waals surface area contributed by atoms with Gasteiger partial charge in [0.2, 0.25) is 0 Å². The standard InChI is InChI=1S/C25H17FN6O3/c26-19-6-4-18(12-16(19)14-27)32-22(13-20(29-32)24(28)34)25(35)31-10-8-15-11-17(5-7-21(15)31)30-9-2-1-3-23(30)33/h1-7,9,11-13H,8,10H2,(H2,28,34). The van der Waals surface area contributed by atoms with Gasteiger partial charge in [0.1, 0.15) is 17.6 Å². The zero-order chi connectivity index (χ0) is 24.7. The van der Waals surface area contributed by atoms with Crippen LogP contribution >= 0.6 is 0 Å². The summed E-state index contributed by atoms with van der Waals surface area (Å²) < 4.78 is 16.5. The lowest BCUT2D eigenvalue weighted by molar-refractivity contribution is 0.0979. The first kappa shape index (κ1) is 21.8. The summed E-state index contributed by atoms with van der Waals surface area (Å²) >= 11 is 0. The van der Waals surface area contributed by atoms with Crippen LogP contribution in [-0.4, -0.2) is 32.7 Å². The van der Waals surface area contributed by atoms with Gasteiger partial charge in [-0.25, -0.2) is 9.07 Å². The highest BCUT2D eigenvalue weighted by Gasteiger charge is 2.30. The zero-order valence-electron chi connectivity index (χ0n) is 18.2. The van der Waals surface area contributed by atoms with Crippen LogP contribution in [0.25, 0.3) is 11.4 Å². The maximum atomic E-state index is 13.8. The number of rotatable bonds is 4. The Morgan fingerprint density at radius 2 is 1.86 bits per heavy atom. The first-order chi connectivity index (χ1) is 16.9. The van der Waals surface area contributed by atoms with Gasteiger partial charge in [-0.2, -0.15) is 10.4 Å². The second kappa shape index (κ2) is 8.39. The summed E-state index contributed by atoms with van der Waals surface area (Å²) in [7, 11) is 0. The summed E-state index contributed by atoms with van der Waals surface area (Å²) in [6.45, 7) is 0.366. The van der Waals surface area contributed by atoms with E-state index in [1.54, 1.807) is 41.4 Å². The Hall–Kier alpha value is -5.04. The maximum Gasteiger partial charge on any atom is 0.277 e. The van der Waals surface area contributed by atoms with Gasteiger partial charge in [-0.3, -0.25) is 19.0 Å². The van der Waals surface area contributed by atoms with Gasteiger partial charge >= 0.3 is 0 Å². The number of primary amides is 1. The van der Waals surface area contributed by atoms with Crippen LogP contribution in [0.15, 0.2) is 71.7 Å². The molecule has 0 saturated heterocycles. The van der Waals surface area contributed by atoms with E-state index < -0.39 is 17.6 Å². The molecule has 2 amide bonds. The third kappa shape index (κ3) is 3.75. The summed E-state index contributed by atoms with van der Waals surface area (Å²) in [5, 5.41) is 13.3. The highest BCUT2D eigenvalue weighted by Crippen LogP contribution is 2.31. The van der Waals surface area contributed by atoms with Crippen LogP contribution in [-0.2, 0) is 6.42 Å². The van der Waals surface area contributed by atoms with E-state index in [1.807, 2.05) is 6.07 Å². The first-order valence-corrected chi connectivity index (χ1v) is 10.6. The number of nitrogens with zero attached hydrogens (tertiary/aromatic N) is 5. The molecular weight excluding hydrogens is 451 g/mol. The molecule has 4 aromatic rings. The molecule has 9 nitrogen and oxygen atoms in total. The average molecular weight is 468 g/mol. The quantitative estimate of drug-likeness (QED) is 0.492. The molecule has 0 radical (unpaired) electrons. The highest BCUT2D eigenvalue weighted by atomic mass is 19.1. The molecule has 0 bridgehead atoms. The molecule has 0 spiro atoms. The van der Waals surface area contributed by atoms with Crippen molar-refractivity contribution in [3.8, 4) is 17.4 Å². The third-order valence-electron chi connectivity index (χ3n) is 5.80. The van der Waals surface area contributed by atoms with Crippen LogP contribution in [0.2, 0.25) is 0 Å². The van der Waals surface area contributed by atoms with E-state index in [4.69, 9.17) is 5.73 Å². The number of amides is 2. The Kier molecular flexibility index (Phi) is 5.22. The van der Waals surface area contributed by atoms with Gasteiger partial charge in [0.25, 0.3) is 17.4 Å². The molecule has 0 atom stereocenters. The number of nitriles is 1. The number of benzene rings is 2. The Labute approximate surface area is 198 Å². The van der Waals surface area contributed by atoms with Crippen LogP contribution in [0.4, 0.5) is 10.1 Å². The number of hydrogen-bond acceptors (Lipinski definition) is 5. The normalized spacial score (nSPS) is 12.3. The number of nitrogens with two attached hydrogens (primary N) is 1.